The van der Waals surface area contributed by atoms with Crippen LogP contribution < -0.4 is 5.73 Å². The number of H-pyrrole nitrogens is 1. The number of hydrogen-bond acceptors (Lipinski definition) is 3. The topological polar surface area (TPSA) is 54.7 Å². The van der Waals surface area contributed by atoms with Gasteiger partial charge in [-0.15, -0.1) is 12.6 Å². The second-order valence-electron chi connectivity index (χ2n) is 2.34. The molecule has 1 aromatic heterocycles. The Balaban J connectivity index is 2.87. The van der Waals surface area contributed by atoms with E-state index in [1.807, 2.05) is 18.2 Å². The van der Waals surface area contributed by atoms with Crippen LogP contribution in [0.2, 0.25) is 0 Å². The molecule has 0 amide bonds. The Morgan fingerprint density at radius 1 is 1.45 bits per heavy atom. The molecule has 2 aromatic rings. The molecule has 3 N–H and O–H groups in total. The molecule has 0 aliphatic rings. The van der Waals surface area contributed by atoms with Gasteiger partial charge >= 0.3 is 0 Å². The molecule has 0 unspecified atom stereocenters. The lowest BCUT2D eigenvalue weighted by Gasteiger charge is -1.90. The molecule has 0 saturated carbocycles. The predicted molar refractivity (Wildman–Crippen MR) is 47.8 cm³/mol. The Labute approximate surface area is 69.0 Å². The van der Waals surface area contributed by atoms with Gasteiger partial charge in [-0.1, -0.05) is 0 Å². The third kappa shape index (κ3) is 0.952. The number of anilines is 1. The zero-order chi connectivity index (χ0) is 7.84. The highest BCUT2D eigenvalue weighted by molar-refractivity contribution is 7.80. The molecular weight excluding hydrogens is 158 g/mol. The van der Waals surface area contributed by atoms with Gasteiger partial charge in [-0.2, -0.15) is 5.10 Å². The summed E-state index contributed by atoms with van der Waals surface area (Å²) < 4.78 is 0. The van der Waals surface area contributed by atoms with Crippen LogP contribution in [0, 0.1) is 0 Å². The number of benzene rings is 1. The van der Waals surface area contributed by atoms with Gasteiger partial charge in [0.15, 0.2) is 5.82 Å². The van der Waals surface area contributed by atoms with Crippen LogP contribution in [0.4, 0.5) is 5.82 Å². The molecular formula is C7H7N3S. The molecule has 0 saturated heterocycles. The zero-order valence-electron chi connectivity index (χ0n) is 5.70. The molecule has 0 atom stereocenters. The highest BCUT2D eigenvalue weighted by atomic mass is 32.1. The summed E-state index contributed by atoms with van der Waals surface area (Å²) in [7, 11) is 0. The maximum Gasteiger partial charge on any atom is 0.153 e. The number of hydrogen-bond donors (Lipinski definition) is 3. The first-order chi connectivity index (χ1) is 5.27. The van der Waals surface area contributed by atoms with Gasteiger partial charge in [-0.05, 0) is 18.2 Å². The summed E-state index contributed by atoms with van der Waals surface area (Å²) in [5.74, 6) is 0.524. The molecule has 0 radical (unpaired) electrons. The lowest BCUT2D eigenvalue weighted by atomic mass is 10.2. The molecule has 4 heteroatoms. The standard InChI is InChI=1S/C7H7N3S/c8-7-5-3-4(11)1-2-6(5)9-10-7/h1-3,11H,(H3,8,9,10). The van der Waals surface area contributed by atoms with Gasteiger partial charge < -0.3 is 5.73 Å². The third-order valence-corrected chi connectivity index (χ3v) is 1.85. The minimum atomic E-state index is 0.524. The first kappa shape index (κ1) is 6.54. The van der Waals surface area contributed by atoms with E-state index in [-0.39, 0.29) is 0 Å². The van der Waals surface area contributed by atoms with E-state index in [0.717, 1.165) is 15.8 Å². The monoisotopic (exact) mass is 165 g/mol. The lowest BCUT2D eigenvalue weighted by molar-refractivity contribution is 1.13. The average Bonchev–Trinajstić information content (AvgIpc) is 2.33. The van der Waals surface area contributed by atoms with Gasteiger partial charge in [0, 0.05) is 10.3 Å². The highest BCUT2D eigenvalue weighted by Gasteiger charge is 2.00. The van der Waals surface area contributed by atoms with Gasteiger partial charge in [0.1, 0.15) is 0 Å². The van der Waals surface area contributed by atoms with Crippen molar-refractivity contribution in [1.29, 1.82) is 0 Å². The number of nitrogen functional groups attached to an aromatic ring is 1. The largest absolute Gasteiger partial charge is 0.382 e. The molecule has 2 rings (SSSR count). The summed E-state index contributed by atoms with van der Waals surface area (Å²) in [6.07, 6.45) is 0. The van der Waals surface area contributed by atoms with Crippen molar-refractivity contribution in [3.63, 3.8) is 0 Å². The summed E-state index contributed by atoms with van der Waals surface area (Å²) in [5.41, 5.74) is 6.51. The Hall–Kier alpha value is -1.16. The Morgan fingerprint density at radius 3 is 3.09 bits per heavy atom. The predicted octanol–water partition coefficient (Wildman–Crippen LogP) is 1.43. The fraction of sp³-hybridized carbons (Fsp3) is 0. The summed E-state index contributed by atoms with van der Waals surface area (Å²) in [6.45, 7) is 0. The van der Waals surface area contributed by atoms with Crippen molar-refractivity contribution in [3.8, 4) is 0 Å². The normalized spacial score (nSPS) is 10.6. The molecule has 1 aromatic carbocycles. The lowest BCUT2D eigenvalue weighted by Crippen LogP contribution is -1.83. The Kier molecular flexibility index (Phi) is 1.29. The van der Waals surface area contributed by atoms with Crippen molar-refractivity contribution in [3.05, 3.63) is 18.2 Å². The molecule has 0 bridgehead atoms. The molecule has 0 aliphatic carbocycles. The fourth-order valence-electron chi connectivity index (χ4n) is 1.02. The first-order valence-corrected chi connectivity index (χ1v) is 3.64. The SMILES string of the molecule is Nc1n[nH]c2ccc(S)cc12. The number of nitrogens with one attached hydrogen (secondary N) is 1. The number of fused-ring (bicyclic) bond motifs is 1. The van der Waals surface area contributed by atoms with Crippen LogP contribution in [0.15, 0.2) is 23.1 Å². The van der Waals surface area contributed by atoms with E-state index in [2.05, 4.69) is 22.8 Å². The molecule has 11 heavy (non-hydrogen) atoms. The van der Waals surface area contributed by atoms with Crippen LogP contribution in [0.3, 0.4) is 0 Å². The molecule has 0 fully saturated rings. The van der Waals surface area contributed by atoms with Crippen LogP contribution in [0.1, 0.15) is 0 Å². The molecule has 3 nitrogen and oxygen atoms in total. The van der Waals surface area contributed by atoms with E-state index in [1.54, 1.807) is 0 Å². The van der Waals surface area contributed by atoms with E-state index >= 15 is 0 Å². The number of nitrogens with zero attached hydrogens (tertiary/aromatic N) is 1. The average molecular weight is 165 g/mol. The van der Waals surface area contributed by atoms with Crippen molar-refractivity contribution >= 4 is 29.3 Å². The summed E-state index contributed by atoms with van der Waals surface area (Å²) in [4.78, 5) is 0.894. The van der Waals surface area contributed by atoms with Gasteiger partial charge in [0.05, 0.1) is 5.52 Å². The second-order valence-corrected chi connectivity index (χ2v) is 2.86. The second kappa shape index (κ2) is 2.17. The molecule has 56 valence electrons. The smallest absolute Gasteiger partial charge is 0.153 e. The van der Waals surface area contributed by atoms with Gasteiger partial charge in [0.2, 0.25) is 0 Å². The maximum atomic E-state index is 5.57. The first-order valence-electron chi connectivity index (χ1n) is 3.20. The fourth-order valence-corrected chi connectivity index (χ4v) is 1.23. The van der Waals surface area contributed by atoms with Gasteiger partial charge in [-0.25, -0.2) is 0 Å². The summed E-state index contributed by atoms with van der Waals surface area (Å²) in [5, 5.41) is 7.59. The minimum Gasteiger partial charge on any atom is -0.382 e. The van der Waals surface area contributed by atoms with E-state index in [0.29, 0.717) is 5.82 Å². The van der Waals surface area contributed by atoms with Crippen molar-refractivity contribution in [2.24, 2.45) is 0 Å². The Bertz CT molecular complexity index is 393. The van der Waals surface area contributed by atoms with E-state index in [1.165, 1.54) is 0 Å². The van der Waals surface area contributed by atoms with Gasteiger partial charge in [-0.3, -0.25) is 5.10 Å². The quantitative estimate of drug-likeness (QED) is 0.517. The van der Waals surface area contributed by atoms with Crippen molar-refractivity contribution in [1.82, 2.24) is 10.2 Å². The van der Waals surface area contributed by atoms with Crippen LogP contribution in [-0.2, 0) is 0 Å². The Morgan fingerprint density at radius 2 is 2.27 bits per heavy atom. The molecule has 0 aliphatic heterocycles. The number of thiol groups is 1. The minimum absolute atomic E-state index is 0.524. The molecule has 0 spiro atoms. The number of nitrogens with two attached hydrogens (primary N) is 1. The van der Waals surface area contributed by atoms with E-state index in [9.17, 15) is 0 Å². The van der Waals surface area contributed by atoms with Gasteiger partial charge in [0.25, 0.3) is 0 Å². The van der Waals surface area contributed by atoms with Crippen LogP contribution in [0.5, 0.6) is 0 Å². The van der Waals surface area contributed by atoms with Crippen molar-refractivity contribution in [2.45, 2.75) is 4.90 Å². The number of rotatable bonds is 0. The maximum absolute atomic E-state index is 5.57. The van der Waals surface area contributed by atoms with Crippen molar-refractivity contribution in [2.75, 3.05) is 5.73 Å². The third-order valence-electron chi connectivity index (χ3n) is 1.58. The van der Waals surface area contributed by atoms with Crippen LogP contribution in [0.25, 0.3) is 10.9 Å². The van der Waals surface area contributed by atoms with Crippen molar-refractivity contribution < 1.29 is 0 Å². The van der Waals surface area contributed by atoms with E-state index < -0.39 is 0 Å². The summed E-state index contributed by atoms with van der Waals surface area (Å²) >= 11 is 4.19. The highest BCUT2D eigenvalue weighted by Crippen LogP contribution is 2.20. The number of aromatic amines is 1. The molecule has 1 heterocycles. The number of aromatic nitrogens is 2. The van der Waals surface area contributed by atoms with E-state index in [4.69, 9.17) is 5.73 Å². The zero-order valence-corrected chi connectivity index (χ0v) is 6.60. The van der Waals surface area contributed by atoms with Crippen LogP contribution in [-0.4, -0.2) is 10.2 Å². The summed E-state index contributed by atoms with van der Waals surface area (Å²) in [6, 6.07) is 5.68. The van der Waals surface area contributed by atoms with Crippen LogP contribution >= 0.6 is 12.6 Å².